The Balaban J connectivity index is 1.44. The molecule has 1 aliphatic rings. The van der Waals surface area contributed by atoms with Gasteiger partial charge in [0.2, 0.25) is 0 Å². The molecule has 1 saturated heterocycles. The third-order valence-corrected chi connectivity index (χ3v) is 5.23. The van der Waals surface area contributed by atoms with Gasteiger partial charge in [-0.25, -0.2) is 0 Å². The van der Waals surface area contributed by atoms with Crippen LogP contribution in [0.25, 0.3) is 10.9 Å². The summed E-state index contributed by atoms with van der Waals surface area (Å²) in [6.07, 6.45) is 6.05. The molecule has 0 N–H and O–H groups in total. The number of pyridine rings is 1. The van der Waals surface area contributed by atoms with Crippen molar-refractivity contribution in [3.63, 3.8) is 0 Å². The van der Waals surface area contributed by atoms with E-state index in [4.69, 9.17) is 4.52 Å². The van der Waals surface area contributed by atoms with Crippen molar-refractivity contribution in [3.05, 3.63) is 59.6 Å². The smallest absolute Gasteiger partial charge is 0.276 e. The summed E-state index contributed by atoms with van der Waals surface area (Å²) in [4.78, 5) is 19.0. The summed E-state index contributed by atoms with van der Waals surface area (Å²) in [6.45, 7) is 3.37. The lowest BCUT2D eigenvalue weighted by Crippen LogP contribution is -2.32. The molecular weight excluding hydrogens is 326 g/mol. The highest BCUT2D eigenvalue weighted by Gasteiger charge is 2.24. The van der Waals surface area contributed by atoms with Gasteiger partial charge in [-0.1, -0.05) is 23.4 Å². The summed E-state index contributed by atoms with van der Waals surface area (Å²) >= 11 is 0. The van der Waals surface area contributed by atoms with Gasteiger partial charge in [-0.3, -0.25) is 9.78 Å². The standard InChI is InChI=1S/C21H23N3O2/c1-15-13-20(23-26-15)21(25)24-11-4-5-16(9-12-24)14-17-6-2-8-19-18(17)7-3-10-22-19/h2-3,6-8,10,13,16H,4-5,9,11-12,14H2,1H3. The van der Waals surface area contributed by atoms with Crippen LogP contribution in [0, 0.1) is 12.8 Å². The molecule has 1 aromatic carbocycles. The van der Waals surface area contributed by atoms with Crippen LogP contribution in [0.1, 0.15) is 41.1 Å². The van der Waals surface area contributed by atoms with Crippen molar-refractivity contribution in [3.8, 4) is 0 Å². The molecular formula is C21H23N3O2. The van der Waals surface area contributed by atoms with Crippen LogP contribution in [0.15, 0.2) is 47.1 Å². The molecule has 5 heteroatoms. The lowest BCUT2D eigenvalue weighted by atomic mass is 9.91. The van der Waals surface area contributed by atoms with Gasteiger partial charge in [0, 0.05) is 30.7 Å². The van der Waals surface area contributed by atoms with Crippen molar-refractivity contribution in [1.82, 2.24) is 15.0 Å². The molecule has 5 nitrogen and oxygen atoms in total. The number of carbonyl (C=O) groups excluding carboxylic acids is 1. The molecule has 3 heterocycles. The van der Waals surface area contributed by atoms with E-state index in [0.717, 1.165) is 44.3 Å². The van der Waals surface area contributed by atoms with Gasteiger partial charge < -0.3 is 9.42 Å². The van der Waals surface area contributed by atoms with Crippen LogP contribution in [0.5, 0.6) is 0 Å². The van der Waals surface area contributed by atoms with Crippen molar-refractivity contribution in [2.45, 2.75) is 32.6 Å². The normalized spacial score (nSPS) is 18.0. The van der Waals surface area contributed by atoms with E-state index in [1.165, 1.54) is 10.9 Å². The van der Waals surface area contributed by atoms with E-state index >= 15 is 0 Å². The van der Waals surface area contributed by atoms with E-state index in [1.54, 1.807) is 13.0 Å². The van der Waals surface area contributed by atoms with Crippen molar-refractivity contribution in [1.29, 1.82) is 0 Å². The van der Waals surface area contributed by atoms with Crippen LogP contribution in [0.2, 0.25) is 0 Å². The second kappa shape index (κ2) is 7.28. The summed E-state index contributed by atoms with van der Waals surface area (Å²) in [5.74, 6) is 1.24. The van der Waals surface area contributed by atoms with Gasteiger partial charge in [0.25, 0.3) is 5.91 Å². The fourth-order valence-electron chi connectivity index (χ4n) is 3.86. The van der Waals surface area contributed by atoms with Gasteiger partial charge in [0.05, 0.1) is 5.52 Å². The van der Waals surface area contributed by atoms with E-state index in [2.05, 4.69) is 34.4 Å². The topological polar surface area (TPSA) is 59.2 Å². The van der Waals surface area contributed by atoms with Gasteiger partial charge in [0.15, 0.2) is 5.69 Å². The number of aromatic nitrogens is 2. The number of aryl methyl sites for hydroxylation is 1. The van der Waals surface area contributed by atoms with E-state index in [1.807, 2.05) is 17.2 Å². The minimum atomic E-state index is -0.0168. The summed E-state index contributed by atoms with van der Waals surface area (Å²) in [5.41, 5.74) is 2.82. The maximum atomic E-state index is 12.6. The average molecular weight is 349 g/mol. The zero-order chi connectivity index (χ0) is 17.9. The van der Waals surface area contributed by atoms with Crippen LogP contribution in [0.3, 0.4) is 0 Å². The Labute approximate surface area is 153 Å². The van der Waals surface area contributed by atoms with Crippen LogP contribution in [0.4, 0.5) is 0 Å². The van der Waals surface area contributed by atoms with Crippen molar-refractivity contribution in [2.75, 3.05) is 13.1 Å². The number of fused-ring (bicyclic) bond motifs is 1. The SMILES string of the molecule is Cc1cc(C(=O)N2CCCC(Cc3cccc4ncccc34)CC2)no1. The highest BCUT2D eigenvalue weighted by Crippen LogP contribution is 2.26. The fourth-order valence-corrected chi connectivity index (χ4v) is 3.86. The van der Waals surface area contributed by atoms with Crippen LogP contribution < -0.4 is 0 Å². The monoisotopic (exact) mass is 349 g/mol. The molecule has 134 valence electrons. The first-order valence-corrected chi connectivity index (χ1v) is 9.26. The first kappa shape index (κ1) is 16.8. The number of benzene rings is 1. The highest BCUT2D eigenvalue weighted by atomic mass is 16.5. The van der Waals surface area contributed by atoms with Crippen molar-refractivity contribution in [2.24, 2.45) is 5.92 Å². The summed E-state index contributed by atoms with van der Waals surface area (Å²) in [6, 6.07) is 12.2. The predicted octanol–water partition coefficient (Wildman–Crippen LogP) is 4.02. The molecule has 4 rings (SSSR count). The van der Waals surface area contributed by atoms with Crippen LogP contribution in [-0.2, 0) is 6.42 Å². The molecule has 1 fully saturated rings. The molecule has 2 aromatic heterocycles. The molecule has 0 saturated carbocycles. The highest BCUT2D eigenvalue weighted by molar-refractivity contribution is 5.92. The third-order valence-electron chi connectivity index (χ3n) is 5.23. The van der Waals surface area contributed by atoms with E-state index in [9.17, 15) is 4.79 Å². The van der Waals surface area contributed by atoms with Gasteiger partial charge in [0.1, 0.15) is 5.76 Å². The Kier molecular flexibility index (Phi) is 4.69. The number of nitrogens with zero attached hydrogens (tertiary/aromatic N) is 3. The molecule has 0 radical (unpaired) electrons. The molecule has 3 aromatic rings. The minimum absolute atomic E-state index is 0.0168. The first-order valence-electron chi connectivity index (χ1n) is 9.26. The second-order valence-electron chi connectivity index (χ2n) is 7.10. The number of amides is 1. The molecule has 0 aliphatic carbocycles. The molecule has 0 bridgehead atoms. The zero-order valence-corrected chi connectivity index (χ0v) is 15.0. The second-order valence-corrected chi connectivity index (χ2v) is 7.10. The number of likely N-dealkylation sites (tertiary alicyclic amines) is 1. The van der Waals surface area contributed by atoms with Gasteiger partial charge in [-0.15, -0.1) is 0 Å². The number of hydrogen-bond acceptors (Lipinski definition) is 4. The third kappa shape index (κ3) is 3.47. The zero-order valence-electron chi connectivity index (χ0n) is 15.0. The Morgan fingerprint density at radius 2 is 2.15 bits per heavy atom. The Hall–Kier alpha value is -2.69. The molecule has 1 amide bonds. The molecule has 0 spiro atoms. The predicted molar refractivity (Wildman–Crippen MR) is 99.9 cm³/mol. The summed E-state index contributed by atoms with van der Waals surface area (Å²) in [7, 11) is 0. The fraction of sp³-hybridized carbons (Fsp3) is 0.381. The van der Waals surface area contributed by atoms with Crippen LogP contribution in [-0.4, -0.2) is 34.0 Å². The lowest BCUT2D eigenvalue weighted by Gasteiger charge is -2.19. The molecule has 1 atom stereocenters. The van der Waals surface area contributed by atoms with E-state index in [0.29, 0.717) is 17.4 Å². The minimum Gasteiger partial charge on any atom is -0.361 e. The van der Waals surface area contributed by atoms with Crippen molar-refractivity contribution < 1.29 is 9.32 Å². The first-order chi connectivity index (χ1) is 12.7. The van der Waals surface area contributed by atoms with Gasteiger partial charge in [-0.2, -0.15) is 0 Å². The maximum Gasteiger partial charge on any atom is 0.276 e. The van der Waals surface area contributed by atoms with Gasteiger partial charge in [-0.05, 0) is 56.2 Å². The Morgan fingerprint density at radius 1 is 1.23 bits per heavy atom. The number of carbonyl (C=O) groups is 1. The summed E-state index contributed by atoms with van der Waals surface area (Å²) < 4.78 is 5.05. The maximum absolute atomic E-state index is 12.6. The molecule has 26 heavy (non-hydrogen) atoms. The quantitative estimate of drug-likeness (QED) is 0.717. The number of rotatable bonds is 3. The number of hydrogen-bond donors (Lipinski definition) is 0. The van der Waals surface area contributed by atoms with E-state index in [-0.39, 0.29) is 5.91 Å². The van der Waals surface area contributed by atoms with Crippen LogP contribution >= 0.6 is 0 Å². The average Bonchev–Trinajstić information content (AvgIpc) is 2.96. The summed E-state index contributed by atoms with van der Waals surface area (Å²) in [5, 5.41) is 5.11. The molecule has 1 unspecified atom stereocenters. The van der Waals surface area contributed by atoms with E-state index < -0.39 is 0 Å². The largest absolute Gasteiger partial charge is 0.361 e. The Bertz CT molecular complexity index is 913. The lowest BCUT2D eigenvalue weighted by molar-refractivity contribution is 0.0749. The van der Waals surface area contributed by atoms with Crippen molar-refractivity contribution >= 4 is 16.8 Å². The Morgan fingerprint density at radius 3 is 3.00 bits per heavy atom. The van der Waals surface area contributed by atoms with Gasteiger partial charge >= 0.3 is 0 Å². The molecule has 1 aliphatic heterocycles.